The topological polar surface area (TPSA) is 29.3 Å². The molecule has 0 saturated carbocycles. The van der Waals surface area contributed by atoms with E-state index in [0.717, 1.165) is 24.3 Å². The van der Waals surface area contributed by atoms with E-state index in [1.165, 1.54) is 32.4 Å². The molecule has 1 heterocycles. The van der Waals surface area contributed by atoms with Gasteiger partial charge in [0.2, 0.25) is 0 Å². The lowest BCUT2D eigenvalue weighted by Crippen LogP contribution is -2.46. The molecule has 0 aromatic carbocycles. The Labute approximate surface area is 102 Å². The Hall–Kier alpha value is -0.0800. The predicted octanol–water partition coefficient (Wildman–Crippen LogP) is 2.73. The highest BCUT2D eigenvalue weighted by atomic mass is 15.2. The summed E-state index contributed by atoms with van der Waals surface area (Å²) in [7, 11) is 0. The minimum Gasteiger partial charge on any atom is -0.329 e. The van der Waals surface area contributed by atoms with Crippen LogP contribution < -0.4 is 5.73 Å². The number of nitrogens with two attached hydrogens (primary N) is 1. The first-order chi connectivity index (χ1) is 7.54. The van der Waals surface area contributed by atoms with E-state index in [9.17, 15) is 0 Å². The summed E-state index contributed by atoms with van der Waals surface area (Å²) >= 11 is 0. The fraction of sp³-hybridized carbons (Fsp3) is 1.00. The van der Waals surface area contributed by atoms with E-state index in [-0.39, 0.29) is 0 Å². The van der Waals surface area contributed by atoms with Gasteiger partial charge in [-0.05, 0) is 50.1 Å². The molecule has 16 heavy (non-hydrogen) atoms. The summed E-state index contributed by atoms with van der Waals surface area (Å²) < 4.78 is 0. The molecule has 0 aromatic rings. The highest BCUT2D eigenvalue weighted by molar-refractivity contribution is 4.80. The molecule has 1 atom stereocenters. The second kappa shape index (κ2) is 6.61. The van der Waals surface area contributed by atoms with Crippen LogP contribution in [0.1, 0.15) is 47.0 Å². The smallest absolute Gasteiger partial charge is 0.0220 e. The van der Waals surface area contributed by atoms with Crippen LogP contribution in [0.5, 0.6) is 0 Å². The van der Waals surface area contributed by atoms with Gasteiger partial charge >= 0.3 is 0 Å². The summed E-state index contributed by atoms with van der Waals surface area (Å²) in [6.07, 6.45) is 3.99. The van der Waals surface area contributed by atoms with Gasteiger partial charge in [-0.3, -0.25) is 4.90 Å². The number of rotatable bonds is 5. The second-order valence-corrected chi connectivity index (χ2v) is 6.14. The summed E-state index contributed by atoms with van der Waals surface area (Å²) in [5.41, 5.74) is 5.90. The van der Waals surface area contributed by atoms with Crippen molar-refractivity contribution in [3.8, 4) is 0 Å². The van der Waals surface area contributed by atoms with Crippen LogP contribution >= 0.6 is 0 Å². The number of hydrogen-bond donors (Lipinski definition) is 1. The highest BCUT2D eigenvalue weighted by Gasteiger charge is 2.25. The van der Waals surface area contributed by atoms with E-state index in [1.807, 2.05) is 0 Å². The average Bonchev–Trinajstić information content (AvgIpc) is 2.25. The minimum absolute atomic E-state index is 0.619. The minimum atomic E-state index is 0.619. The maximum Gasteiger partial charge on any atom is 0.0220 e. The quantitative estimate of drug-likeness (QED) is 0.781. The van der Waals surface area contributed by atoms with Crippen LogP contribution in [0.3, 0.4) is 0 Å². The van der Waals surface area contributed by atoms with Gasteiger partial charge in [-0.25, -0.2) is 0 Å². The van der Waals surface area contributed by atoms with E-state index in [4.69, 9.17) is 5.73 Å². The molecule has 0 aliphatic carbocycles. The lowest BCUT2D eigenvalue weighted by molar-refractivity contribution is 0.106. The fourth-order valence-electron chi connectivity index (χ4n) is 2.89. The third-order valence-corrected chi connectivity index (χ3v) is 4.05. The van der Waals surface area contributed by atoms with Gasteiger partial charge in [-0.2, -0.15) is 0 Å². The molecule has 1 aliphatic heterocycles. The van der Waals surface area contributed by atoms with E-state index in [1.54, 1.807) is 0 Å². The Morgan fingerprint density at radius 3 is 2.06 bits per heavy atom. The molecule has 0 spiro atoms. The Morgan fingerprint density at radius 2 is 1.69 bits per heavy atom. The molecule has 1 fully saturated rings. The molecule has 0 amide bonds. The first-order valence-corrected chi connectivity index (χ1v) is 6.98. The standard InChI is InChI=1S/C14H30N2/c1-11(2)9-14(10-15)16-7-5-13(6-8-16)12(3)4/h11-14H,5-10,15H2,1-4H3. The van der Waals surface area contributed by atoms with Gasteiger partial charge in [0, 0.05) is 12.6 Å². The van der Waals surface area contributed by atoms with E-state index in [0.29, 0.717) is 6.04 Å². The van der Waals surface area contributed by atoms with Crippen LogP contribution in [0, 0.1) is 17.8 Å². The molecule has 2 nitrogen and oxygen atoms in total. The van der Waals surface area contributed by atoms with Crippen molar-refractivity contribution in [2.75, 3.05) is 19.6 Å². The van der Waals surface area contributed by atoms with Crippen molar-refractivity contribution in [2.24, 2.45) is 23.5 Å². The summed E-state index contributed by atoms with van der Waals surface area (Å²) in [5, 5.41) is 0. The third-order valence-electron chi connectivity index (χ3n) is 4.05. The van der Waals surface area contributed by atoms with Crippen LogP contribution in [-0.4, -0.2) is 30.6 Å². The molecule has 1 unspecified atom stereocenters. The van der Waals surface area contributed by atoms with Gasteiger partial charge in [0.05, 0.1) is 0 Å². The summed E-state index contributed by atoms with van der Waals surface area (Å²) in [6, 6.07) is 0.619. The SMILES string of the molecule is CC(C)CC(CN)N1CCC(C(C)C)CC1. The Bertz CT molecular complexity index is 181. The predicted molar refractivity (Wildman–Crippen MR) is 71.4 cm³/mol. The van der Waals surface area contributed by atoms with Crippen molar-refractivity contribution in [3.63, 3.8) is 0 Å². The molecule has 0 radical (unpaired) electrons. The normalized spacial score (nSPS) is 21.9. The Balaban J connectivity index is 2.38. The van der Waals surface area contributed by atoms with Crippen molar-refractivity contribution >= 4 is 0 Å². The van der Waals surface area contributed by atoms with Crippen molar-refractivity contribution in [1.82, 2.24) is 4.90 Å². The molecule has 96 valence electrons. The van der Waals surface area contributed by atoms with Gasteiger partial charge in [0.1, 0.15) is 0 Å². The zero-order valence-electron chi connectivity index (χ0n) is 11.6. The van der Waals surface area contributed by atoms with Gasteiger partial charge in [-0.15, -0.1) is 0 Å². The summed E-state index contributed by atoms with van der Waals surface area (Å²) in [5.74, 6) is 2.55. The number of hydrogen-bond acceptors (Lipinski definition) is 2. The monoisotopic (exact) mass is 226 g/mol. The highest BCUT2D eigenvalue weighted by Crippen LogP contribution is 2.26. The number of nitrogens with zero attached hydrogens (tertiary/aromatic N) is 1. The third kappa shape index (κ3) is 4.06. The lowest BCUT2D eigenvalue weighted by atomic mass is 9.86. The summed E-state index contributed by atoms with van der Waals surface area (Å²) in [6.45, 7) is 12.6. The molecule has 2 N–H and O–H groups in total. The van der Waals surface area contributed by atoms with Crippen LogP contribution in [0.2, 0.25) is 0 Å². The number of piperidine rings is 1. The van der Waals surface area contributed by atoms with E-state index >= 15 is 0 Å². The molecular weight excluding hydrogens is 196 g/mol. The largest absolute Gasteiger partial charge is 0.329 e. The van der Waals surface area contributed by atoms with Crippen LogP contribution in [0.15, 0.2) is 0 Å². The molecular formula is C14H30N2. The fourth-order valence-corrected chi connectivity index (χ4v) is 2.89. The van der Waals surface area contributed by atoms with Gasteiger partial charge in [-0.1, -0.05) is 27.7 Å². The van der Waals surface area contributed by atoms with Crippen molar-refractivity contribution < 1.29 is 0 Å². The van der Waals surface area contributed by atoms with Crippen molar-refractivity contribution in [3.05, 3.63) is 0 Å². The molecule has 1 rings (SSSR count). The van der Waals surface area contributed by atoms with Gasteiger partial charge < -0.3 is 5.73 Å². The van der Waals surface area contributed by atoms with E-state index < -0.39 is 0 Å². The first-order valence-electron chi connectivity index (χ1n) is 6.98. The number of likely N-dealkylation sites (tertiary alicyclic amines) is 1. The van der Waals surface area contributed by atoms with Crippen LogP contribution in [0.25, 0.3) is 0 Å². The van der Waals surface area contributed by atoms with Crippen molar-refractivity contribution in [1.29, 1.82) is 0 Å². The maximum absolute atomic E-state index is 5.90. The second-order valence-electron chi connectivity index (χ2n) is 6.14. The van der Waals surface area contributed by atoms with Crippen LogP contribution in [-0.2, 0) is 0 Å². The van der Waals surface area contributed by atoms with E-state index in [2.05, 4.69) is 32.6 Å². The average molecular weight is 226 g/mol. The molecule has 2 heteroatoms. The van der Waals surface area contributed by atoms with Crippen molar-refractivity contribution in [2.45, 2.75) is 53.0 Å². The summed E-state index contributed by atoms with van der Waals surface area (Å²) in [4.78, 5) is 2.62. The van der Waals surface area contributed by atoms with Crippen LogP contribution in [0.4, 0.5) is 0 Å². The Morgan fingerprint density at radius 1 is 1.12 bits per heavy atom. The zero-order valence-corrected chi connectivity index (χ0v) is 11.6. The molecule has 0 aromatic heterocycles. The van der Waals surface area contributed by atoms with Gasteiger partial charge in [0.25, 0.3) is 0 Å². The molecule has 0 bridgehead atoms. The Kier molecular flexibility index (Phi) is 5.77. The lowest BCUT2D eigenvalue weighted by Gasteiger charge is -2.39. The van der Waals surface area contributed by atoms with Gasteiger partial charge in [0.15, 0.2) is 0 Å². The molecule has 1 saturated heterocycles. The zero-order chi connectivity index (χ0) is 12.1. The maximum atomic E-state index is 5.90. The molecule has 1 aliphatic rings. The first kappa shape index (κ1) is 14.0.